The summed E-state index contributed by atoms with van der Waals surface area (Å²) < 4.78 is 27.2. The normalized spacial score (nSPS) is 22.3. The van der Waals surface area contributed by atoms with Crippen LogP contribution < -0.4 is 14.9 Å². The van der Waals surface area contributed by atoms with Gasteiger partial charge in [-0.25, -0.2) is 8.42 Å². The van der Waals surface area contributed by atoms with E-state index in [-0.39, 0.29) is 34.5 Å². The van der Waals surface area contributed by atoms with Gasteiger partial charge in [-0.15, -0.1) is 24.0 Å². The van der Waals surface area contributed by atoms with E-state index in [1.54, 1.807) is 7.05 Å². The number of fused-ring (bicyclic) bond motifs is 1. The number of hydrogen-bond donors (Lipinski definition) is 2. The summed E-state index contributed by atoms with van der Waals surface area (Å²) in [6.45, 7) is 3.97. The van der Waals surface area contributed by atoms with Crippen molar-refractivity contribution in [3.63, 3.8) is 0 Å². The summed E-state index contributed by atoms with van der Waals surface area (Å²) in [4.78, 5) is 4.21. The topological polar surface area (TPSA) is 73.8 Å². The Kier molecular flexibility index (Phi) is 8.11. The molecular weight excluding hydrogens is 495 g/mol. The zero-order chi connectivity index (χ0) is 18.6. The summed E-state index contributed by atoms with van der Waals surface area (Å²) in [5, 5.41) is 6.47. The van der Waals surface area contributed by atoms with Crippen LogP contribution in [-0.2, 0) is 16.4 Å². The number of halogens is 1. The lowest BCUT2D eigenvalue weighted by Crippen LogP contribution is -2.45. The Labute approximate surface area is 184 Å². The molecule has 9 heteroatoms. The molecule has 152 valence electrons. The highest BCUT2D eigenvalue weighted by Gasteiger charge is 2.30. The van der Waals surface area contributed by atoms with Gasteiger partial charge in [-0.2, -0.15) is 11.8 Å². The second kappa shape index (κ2) is 9.69. The number of benzene rings is 1. The fraction of sp³-hybridized carbons (Fsp3) is 0.611. The van der Waals surface area contributed by atoms with Crippen LogP contribution in [0.4, 0.5) is 5.69 Å². The average Bonchev–Trinajstić information content (AvgIpc) is 3.25. The Morgan fingerprint density at radius 3 is 2.81 bits per heavy atom. The van der Waals surface area contributed by atoms with Crippen molar-refractivity contribution in [1.82, 2.24) is 10.6 Å². The first-order valence-corrected chi connectivity index (χ1v) is 11.7. The van der Waals surface area contributed by atoms with Gasteiger partial charge >= 0.3 is 0 Å². The van der Waals surface area contributed by atoms with E-state index in [9.17, 15) is 8.42 Å². The monoisotopic (exact) mass is 524 g/mol. The van der Waals surface area contributed by atoms with Crippen molar-refractivity contribution in [3.05, 3.63) is 29.8 Å². The van der Waals surface area contributed by atoms with Crippen LogP contribution >= 0.6 is 35.7 Å². The number of guanidine groups is 1. The number of anilines is 1. The molecule has 0 bridgehead atoms. The molecule has 0 amide bonds. The molecule has 1 aromatic rings. The summed E-state index contributed by atoms with van der Waals surface area (Å²) in [6, 6.07) is 7.72. The van der Waals surface area contributed by atoms with Crippen LogP contribution in [0.1, 0.15) is 25.3 Å². The molecule has 0 aromatic heterocycles. The highest BCUT2D eigenvalue weighted by Crippen LogP contribution is 2.36. The van der Waals surface area contributed by atoms with Gasteiger partial charge in [0, 0.05) is 31.4 Å². The maximum atomic E-state index is 12.7. The maximum absolute atomic E-state index is 12.7. The molecule has 0 radical (unpaired) electrons. The first-order valence-electron chi connectivity index (χ1n) is 9.10. The highest BCUT2D eigenvalue weighted by molar-refractivity contribution is 14.0. The van der Waals surface area contributed by atoms with Crippen LogP contribution in [0.2, 0.25) is 0 Å². The molecule has 2 aliphatic heterocycles. The summed E-state index contributed by atoms with van der Waals surface area (Å²) in [5.41, 5.74) is 1.92. The Bertz CT molecular complexity index is 764. The molecule has 2 N–H and O–H groups in total. The lowest BCUT2D eigenvalue weighted by molar-refractivity contribution is 0.582. The van der Waals surface area contributed by atoms with Gasteiger partial charge in [0.2, 0.25) is 10.0 Å². The quantitative estimate of drug-likeness (QED) is 0.340. The first kappa shape index (κ1) is 22.6. The maximum Gasteiger partial charge on any atom is 0.236 e. The van der Waals surface area contributed by atoms with Gasteiger partial charge in [0.15, 0.2) is 5.96 Å². The van der Waals surface area contributed by atoms with Crippen LogP contribution in [0.15, 0.2) is 29.3 Å². The average molecular weight is 524 g/mol. The van der Waals surface area contributed by atoms with Gasteiger partial charge in [-0.1, -0.05) is 18.2 Å². The van der Waals surface area contributed by atoms with Crippen LogP contribution in [0.3, 0.4) is 0 Å². The summed E-state index contributed by atoms with van der Waals surface area (Å²) >= 11 is 1.99. The Morgan fingerprint density at radius 1 is 1.33 bits per heavy atom. The van der Waals surface area contributed by atoms with Gasteiger partial charge in [0.1, 0.15) is 0 Å². The van der Waals surface area contributed by atoms with E-state index >= 15 is 0 Å². The standard InChI is InChI=1S/C18H28N4O2S2.HI/c1-18(9-5-12-25-18)14-21-17(19-2)20-10-13-26(23,24)22-11-8-15-6-3-4-7-16(15)22;/h3-4,6-7H,5,8-14H2,1-2H3,(H2,19,20,21);1H. The van der Waals surface area contributed by atoms with E-state index in [1.807, 2.05) is 36.0 Å². The predicted molar refractivity (Wildman–Crippen MR) is 126 cm³/mol. The number of para-hydroxylation sites is 1. The van der Waals surface area contributed by atoms with E-state index in [0.29, 0.717) is 19.0 Å². The van der Waals surface area contributed by atoms with Gasteiger partial charge < -0.3 is 10.6 Å². The molecule has 0 saturated carbocycles. The Balaban J connectivity index is 0.00000261. The van der Waals surface area contributed by atoms with Crippen molar-refractivity contribution in [2.45, 2.75) is 30.9 Å². The first-order chi connectivity index (χ1) is 12.4. The molecule has 1 atom stereocenters. The molecule has 3 rings (SSSR count). The van der Waals surface area contributed by atoms with Crippen LogP contribution in [0.25, 0.3) is 0 Å². The summed E-state index contributed by atoms with van der Waals surface area (Å²) in [7, 11) is -1.62. The van der Waals surface area contributed by atoms with Crippen LogP contribution in [0, 0.1) is 0 Å². The number of aliphatic imine (C=N–C) groups is 1. The number of nitrogens with zero attached hydrogens (tertiary/aromatic N) is 2. The van der Waals surface area contributed by atoms with Crippen LogP contribution in [0.5, 0.6) is 0 Å². The van der Waals surface area contributed by atoms with Gasteiger partial charge in [0.25, 0.3) is 0 Å². The smallest absolute Gasteiger partial charge is 0.236 e. The lowest BCUT2D eigenvalue weighted by Gasteiger charge is -2.24. The molecule has 1 fully saturated rings. The van der Waals surface area contributed by atoms with Crippen LogP contribution in [-0.4, -0.2) is 57.3 Å². The summed E-state index contributed by atoms with van der Waals surface area (Å²) in [5.74, 6) is 1.92. The van der Waals surface area contributed by atoms with Crippen molar-refractivity contribution in [2.75, 3.05) is 42.5 Å². The van der Waals surface area contributed by atoms with E-state index in [0.717, 1.165) is 24.2 Å². The summed E-state index contributed by atoms with van der Waals surface area (Å²) in [6.07, 6.45) is 3.23. The molecule has 2 heterocycles. The van der Waals surface area contributed by atoms with Crippen molar-refractivity contribution >= 4 is 57.4 Å². The van der Waals surface area contributed by atoms with E-state index in [4.69, 9.17) is 0 Å². The third kappa shape index (κ3) is 5.66. The molecule has 0 spiro atoms. The molecule has 1 aromatic carbocycles. The van der Waals surface area contributed by atoms with E-state index in [2.05, 4.69) is 22.5 Å². The molecule has 2 aliphatic rings. The molecule has 6 nitrogen and oxygen atoms in total. The molecule has 27 heavy (non-hydrogen) atoms. The number of sulfonamides is 1. The highest BCUT2D eigenvalue weighted by atomic mass is 127. The SMILES string of the molecule is CN=C(NCCS(=O)(=O)N1CCc2ccccc21)NCC1(C)CCCS1.I. The zero-order valence-electron chi connectivity index (χ0n) is 15.9. The third-order valence-corrected chi connectivity index (χ3v) is 8.30. The van der Waals surface area contributed by atoms with Gasteiger partial charge in [0.05, 0.1) is 11.4 Å². The minimum atomic E-state index is -3.34. The van der Waals surface area contributed by atoms with Crippen molar-refractivity contribution in [1.29, 1.82) is 0 Å². The van der Waals surface area contributed by atoms with Crippen molar-refractivity contribution in [2.24, 2.45) is 4.99 Å². The predicted octanol–water partition coefficient (Wildman–Crippen LogP) is 2.45. The fourth-order valence-electron chi connectivity index (χ4n) is 3.47. The second-order valence-electron chi connectivity index (χ2n) is 7.02. The van der Waals surface area contributed by atoms with E-state index < -0.39 is 10.0 Å². The zero-order valence-corrected chi connectivity index (χ0v) is 19.9. The largest absolute Gasteiger partial charge is 0.355 e. The number of thioether (sulfide) groups is 1. The molecule has 0 aliphatic carbocycles. The van der Waals surface area contributed by atoms with Crippen molar-refractivity contribution in [3.8, 4) is 0 Å². The third-order valence-electron chi connectivity index (χ3n) is 4.99. The second-order valence-corrected chi connectivity index (χ2v) is 10.7. The van der Waals surface area contributed by atoms with Gasteiger partial charge in [-0.3, -0.25) is 9.30 Å². The fourth-order valence-corrected chi connectivity index (χ4v) is 6.15. The molecule has 1 saturated heterocycles. The Morgan fingerprint density at radius 2 is 2.11 bits per heavy atom. The number of nitrogens with one attached hydrogen (secondary N) is 2. The van der Waals surface area contributed by atoms with Crippen molar-refractivity contribution < 1.29 is 8.42 Å². The van der Waals surface area contributed by atoms with E-state index in [1.165, 1.54) is 22.9 Å². The minimum absolute atomic E-state index is 0. The molecular formula is C18H29IN4O2S2. The lowest BCUT2D eigenvalue weighted by atomic mass is 10.1. The van der Waals surface area contributed by atoms with Gasteiger partial charge in [-0.05, 0) is 43.6 Å². The number of hydrogen-bond acceptors (Lipinski definition) is 4. The Hall–Kier alpha value is -0.680. The minimum Gasteiger partial charge on any atom is -0.355 e. The molecule has 1 unspecified atom stereocenters. The number of rotatable bonds is 6.